The van der Waals surface area contributed by atoms with Gasteiger partial charge in [0.2, 0.25) is 0 Å². The first-order valence-electron chi connectivity index (χ1n) is 7.69. The van der Waals surface area contributed by atoms with Crippen molar-refractivity contribution in [3.63, 3.8) is 0 Å². The number of carbonyl (C=O) groups is 1. The maximum atomic E-state index is 12.4. The van der Waals surface area contributed by atoms with Crippen molar-refractivity contribution in [3.05, 3.63) is 11.9 Å². The molecule has 3 rings (SSSR count). The molecular formula is C14H23N5O. The Bertz CT molecular complexity index is 460. The first-order valence-corrected chi connectivity index (χ1v) is 7.69. The van der Waals surface area contributed by atoms with Gasteiger partial charge in [-0.3, -0.25) is 4.79 Å². The lowest BCUT2D eigenvalue weighted by atomic mass is 9.92. The van der Waals surface area contributed by atoms with E-state index in [1.54, 1.807) is 6.20 Å². The number of amides is 1. The summed E-state index contributed by atoms with van der Waals surface area (Å²) in [6, 6.07) is 0.361. The van der Waals surface area contributed by atoms with Crippen molar-refractivity contribution in [1.82, 2.24) is 25.2 Å². The number of aromatic nitrogens is 3. The first-order chi connectivity index (χ1) is 9.78. The first kappa shape index (κ1) is 13.5. The van der Waals surface area contributed by atoms with Gasteiger partial charge in [0.25, 0.3) is 5.91 Å². The highest BCUT2D eigenvalue weighted by Gasteiger charge is 2.26. The second-order valence-electron chi connectivity index (χ2n) is 5.92. The maximum Gasteiger partial charge on any atom is 0.276 e. The lowest BCUT2D eigenvalue weighted by molar-refractivity contribution is 0.0680. The van der Waals surface area contributed by atoms with E-state index in [-0.39, 0.29) is 5.91 Å². The molecule has 1 aromatic rings. The van der Waals surface area contributed by atoms with Gasteiger partial charge in [0.05, 0.1) is 12.2 Å². The van der Waals surface area contributed by atoms with Crippen LogP contribution in [0.5, 0.6) is 0 Å². The number of carbonyl (C=O) groups excluding carboxylic acids is 1. The molecule has 6 heteroatoms. The van der Waals surface area contributed by atoms with Crippen LogP contribution in [0.3, 0.4) is 0 Å². The maximum absolute atomic E-state index is 12.4. The third-order valence-corrected chi connectivity index (χ3v) is 4.46. The van der Waals surface area contributed by atoms with Gasteiger partial charge in [-0.25, -0.2) is 4.68 Å². The molecule has 0 bridgehead atoms. The fraction of sp³-hybridized carbons (Fsp3) is 0.786. The van der Waals surface area contributed by atoms with Crippen LogP contribution in [0.1, 0.15) is 49.1 Å². The van der Waals surface area contributed by atoms with Gasteiger partial charge < -0.3 is 10.2 Å². The SMILES string of the molecule is CCCC1CCN(C(=O)c2cn(C3CNC3)nn2)CC1. The lowest BCUT2D eigenvalue weighted by Crippen LogP contribution is -2.43. The van der Waals surface area contributed by atoms with Crippen LogP contribution in [0, 0.1) is 5.92 Å². The molecule has 1 N–H and O–H groups in total. The molecule has 1 aromatic heterocycles. The molecular weight excluding hydrogens is 254 g/mol. The Hall–Kier alpha value is -1.43. The van der Waals surface area contributed by atoms with E-state index in [0.29, 0.717) is 11.7 Å². The second kappa shape index (κ2) is 5.91. The number of rotatable bonds is 4. The summed E-state index contributed by atoms with van der Waals surface area (Å²) < 4.78 is 1.81. The molecule has 0 aliphatic carbocycles. The van der Waals surface area contributed by atoms with Crippen LogP contribution >= 0.6 is 0 Å². The molecule has 0 saturated carbocycles. The van der Waals surface area contributed by atoms with Crippen molar-refractivity contribution in [2.24, 2.45) is 5.92 Å². The number of nitrogens with zero attached hydrogens (tertiary/aromatic N) is 4. The molecule has 0 spiro atoms. The molecule has 2 aliphatic rings. The van der Waals surface area contributed by atoms with Gasteiger partial charge in [-0.15, -0.1) is 5.10 Å². The largest absolute Gasteiger partial charge is 0.337 e. The third kappa shape index (κ3) is 2.70. The van der Waals surface area contributed by atoms with Crippen LogP contribution in [0.4, 0.5) is 0 Å². The van der Waals surface area contributed by atoms with Gasteiger partial charge in [-0.1, -0.05) is 25.0 Å². The summed E-state index contributed by atoms with van der Waals surface area (Å²) >= 11 is 0. The van der Waals surface area contributed by atoms with Crippen LogP contribution in [-0.4, -0.2) is 52.0 Å². The molecule has 1 amide bonds. The summed E-state index contributed by atoms with van der Waals surface area (Å²) in [5.41, 5.74) is 0.492. The Balaban J connectivity index is 1.57. The molecule has 110 valence electrons. The fourth-order valence-electron chi connectivity index (χ4n) is 3.01. The van der Waals surface area contributed by atoms with Gasteiger partial charge in [0, 0.05) is 26.2 Å². The average Bonchev–Trinajstić information content (AvgIpc) is 2.86. The molecule has 2 fully saturated rings. The smallest absolute Gasteiger partial charge is 0.276 e. The standard InChI is InChI=1S/C14H23N5O/c1-2-3-11-4-6-18(7-5-11)14(20)13-10-19(17-16-13)12-8-15-9-12/h10-12,15H,2-9H2,1H3. The van der Waals surface area contributed by atoms with Crippen molar-refractivity contribution >= 4 is 5.91 Å². The van der Waals surface area contributed by atoms with E-state index in [1.165, 1.54) is 12.8 Å². The summed E-state index contributed by atoms with van der Waals surface area (Å²) in [5.74, 6) is 0.833. The van der Waals surface area contributed by atoms with Crippen molar-refractivity contribution < 1.29 is 4.79 Å². The Morgan fingerprint density at radius 3 is 2.75 bits per heavy atom. The topological polar surface area (TPSA) is 63.1 Å². The molecule has 20 heavy (non-hydrogen) atoms. The van der Waals surface area contributed by atoms with Gasteiger partial charge in [0.1, 0.15) is 0 Å². The minimum Gasteiger partial charge on any atom is -0.337 e. The monoisotopic (exact) mass is 277 g/mol. The van der Waals surface area contributed by atoms with Crippen LogP contribution in [0.15, 0.2) is 6.20 Å². The third-order valence-electron chi connectivity index (χ3n) is 4.46. The van der Waals surface area contributed by atoms with Crippen LogP contribution in [-0.2, 0) is 0 Å². The van der Waals surface area contributed by atoms with E-state index in [1.807, 2.05) is 9.58 Å². The highest BCUT2D eigenvalue weighted by Crippen LogP contribution is 2.22. The summed E-state index contributed by atoms with van der Waals surface area (Å²) in [5, 5.41) is 11.3. The van der Waals surface area contributed by atoms with Crippen molar-refractivity contribution in [1.29, 1.82) is 0 Å². The van der Waals surface area contributed by atoms with Gasteiger partial charge >= 0.3 is 0 Å². The minimum atomic E-state index is 0.0403. The van der Waals surface area contributed by atoms with E-state index >= 15 is 0 Å². The Morgan fingerprint density at radius 1 is 1.40 bits per heavy atom. The zero-order chi connectivity index (χ0) is 13.9. The highest BCUT2D eigenvalue weighted by molar-refractivity contribution is 5.92. The molecule has 0 unspecified atom stereocenters. The normalized spacial score (nSPS) is 20.9. The zero-order valence-corrected chi connectivity index (χ0v) is 12.1. The number of hydrogen-bond donors (Lipinski definition) is 1. The predicted octanol–water partition coefficient (Wildman–Crippen LogP) is 1.07. The predicted molar refractivity (Wildman–Crippen MR) is 75.5 cm³/mol. The van der Waals surface area contributed by atoms with Crippen molar-refractivity contribution in [3.8, 4) is 0 Å². The number of hydrogen-bond acceptors (Lipinski definition) is 4. The Kier molecular flexibility index (Phi) is 4.00. The summed E-state index contributed by atoms with van der Waals surface area (Å²) in [6.45, 7) is 5.78. The molecule has 0 radical (unpaired) electrons. The average molecular weight is 277 g/mol. The van der Waals surface area contributed by atoms with Crippen LogP contribution in [0.2, 0.25) is 0 Å². The van der Waals surface area contributed by atoms with E-state index in [4.69, 9.17) is 0 Å². The Morgan fingerprint density at radius 2 is 2.15 bits per heavy atom. The second-order valence-corrected chi connectivity index (χ2v) is 5.92. The van der Waals surface area contributed by atoms with Crippen LogP contribution < -0.4 is 5.32 Å². The van der Waals surface area contributed by atoms with Crippen molar-refractivity contribution in [2.75, 3.05) is 26.2 Å². The summed E-state index contributed by atoms with van der Waals surface area (Å²) in [6.07, 6.45) is 6.57. The fourth-order valence-corrected chi connectivity index (χ4v) is 3.01. The quantitative estimate of drug-likeness (QED) is 0.894. The molecule has 2 aliphatic heterocycles. The molecule has 2 saturated heterocycles. The Labute approximate surface area is 119 Å². The summed E-state index contributed by atoms with van der Waals surface area (Å²) in [7, 11) is 0. The van der Waals surface area contributed by atoms with E-state index < -0.39 is 0 Å². The zero-order valence-electron chi connectivity index (χ0n) is 12.1. The molecule has 0 aromatic carbocycles. The number of nitrogens with one attached hydrogen (secondary N) is 1. The van der Waals surface area contributed by atoms with Gasteiger partial charge in [-0.2, -0.15) is 0 Å². The summed E-state index contributed by atoms with van der Waals surface area (Å²) in [4.78, 5) is 14.3. The van der Waals surface area contributed by atoms with E-state index in [0.717, 1.165) is 44.9 Å². The van der Waals surface area contributed by atoms with Gasteiger partial charge in [0.15, 0.2) is 5.69 Å². The number of likely N-dealkylation sites (tertiary alicyclic amines) is 1. The van der Waals surface area contributed by atoms with Gasteiger partial charge in [-0.05, 0) is 18.8 Å². The molecule has 3 heterocycles. The van der Waals surface area contributed by atoms with Crippen LogP contribution in [0.25, 0.3) is 0 Å². The van der Waals surface area contributed by atoms with E-state index in [2.05, 4.69) is 22.6 Å². The number of piperidine rings is 1. The molecule has 6 nitrogen and oxygen atoms in total. The van der Waals surface area contributed by atoms with Crippen molar-refractivity contribution in [2.45, 2.75) is 38.6 Å². The molecule has 0 atom stereocenters. The minimum absolute atomic E-state index is 0.0403. The lowest BCUT2D eigenvalue weighted by Gasteiger charge is -2.31. The van der Waals surface area contributed by atoms with E-state index in [9.17, 15) is 4.79 Å². The highest BCUT2D eigenvalue weighted by atomic mass is 16.2.